The largest absolute Gasteiger partial charge is 0.496 e. The molecule has 0 fully saturated rings. The Kier molecular flexibility index (Phi) is 5.98. The SMILES string of the molecule is COc1ccccc1C(CC(=O)NCc1ccc(F)cc1)c1cnc2c(C)cccn12. The Hall–Kier alpha value is -3.67. The number of para-hydroxylation sites is 1. The van der Waals surface area contributed by atoms with Crippen molar-refractivity contribution in [2.45, 2.75) is 25.8 Å². The van der Waals surface area contributed by atoms with Crippen LogP contribution in [-0.4, -0.2) is 22.4 Å². The fraction of sp³-hybridized carbons (Fsp3) is 0.200. The summed E-state index contributed by atoms with van der Waals surface area (Å²) in [7, 11) is 1.63. The van der Waals surface area contributed by atoms with E-state index >= 15 is 0 Å². The Morgan fingerprint density at radius 2 is 1.90 bits per heavy atom. The molecular weight excluding hydrogens is 393 g/mol. The molecule has 0 spiro atoms. The van der Waals surface area contributed by atoms with Gasteiger partial charge in [-0.3, -0.25) is 4.79 Å². The van der Waals surface area contributed by atoms with Crippen molar-refractivity contribution in [2.24, 2.45) is 0 Å². The van der Waals surface area contributed by atoms with E-state index in [1.807, 2.05) is 60.1 Å². The number of carbonyl (C=O) groups excluding carboxylic acids is 1. The molecular formula is C25H24FN3O2. The number of halogens is 1. The second-order valence-corrected chi connectivity index (χ2v) is 7.47. The van der Waals surface area contributed by atoms with Crippen molar-refractivity contribution >= 4 is 11.6 Å². The zero-order valence-electron chi connectivity index (χ0n) is 17.5. The highest BCUT2D eigenvalue weighted by Gasteiger charge is 2.24. The first kappa shape index (κ1) is 20.6. The first-order valence-electron chi connectivity index (χ1n) is 10.1. The van der Waals surface area contributed by atoms with Gasteiger partial charge in [0.05, 0.1) is 12.8 Å². The minimum atomic E-state index is -0.297. The number of hydrogen-bond donors (Lipinski definition) is 1. The highest BCUT2D eigenvalue weighted by atomic mass is 19.1. The van der Waals surface area contributed by atoms with Gasteiger partial charge >= 0.3 is 0 Å². The van der Waals surface area contributed by atoms with Crippen molar-refractivity contribution in [1.82, 2.24) is 14.7 Å². The monoisotopic (exact) mass is 417 g/mol. The van der Waals surface area contributed by atoms with Crippen LogP contribution in [0.4, 0.5) is 4.39 Å². The topological polar surface area (TPSA) is 55.6 Å². The predicted octanol–water partition coefficient (Wildman–Crippen LogP) is 4.63. The molecule has 0 bridgehead atoms. The minimum absolute atomic E-state index is 0.108. The third-order valence-corrected chi connectivity index (χ3v) is 5.42. The smallest absolute Gasteiger partial charge is 0.221 e. The summed E-state index contributed by atoms with van der Waals surface area (Å²) in [5, 5.41) is 2.95. The van der Waals surface area contributed by atoms with Crippen LogP contribution < -0.4 is 10.1 Å². The summed E-state index contributed by atoms with van der Waals surface area (Å²) in [6.45, 7) is 2.35. The number of nitrogens with zero attached hydrogens (tertiary/aromatic N) is 2. The second kappa shape index (κ2) is 9.00. The van der Waals surface area contributed by atoms with Gasteiger partial charge in [0.15, 0.2) is 0 Å². The lowest BCUT2D eigenvalue weighted by molar-refractivity contribution is -0.121. The molecule has 1 unspecified atom stereocenters. The molecule has 0 aliphatic rings. The Morgan fingerprint density at radius 1 is 1.13 bits per heavy atom. The van der Waals surface area contributed by atoms with Crippen LogP contribution in [0.3, 0.4) is 0 Å². The number of fused-ring (bicyclic) bond motifs is 1. The molecule has 4 rings (SSSR count). The van der Waals surface area contributed by atoms with E-state index in [1.165, 1.54) is 12.1 Å². The normalized spacial score (nSPS) is 12.0. The number of carbonyl (C=O) groups is 1. The maximum Gasteiger partial charge on any atom is 0.221 e. The summed E-state index contributed by atoms with van der Waals surface area (Å²) in [5.41, 5.74) is 4.61. The third-order valence-electron chi connectivity index (χ3n) is 5.42. The number of aryl methyl sites for hydroxylation is 1. The van der Waals surface area contributed by atoms with Gasteiger partial charge in [-0.25, -0.2) is 9.37 Å². The maximum atomic E-state index is 13.1. The number of imidazole rings is 1. The third kappa shape index (κ3) is 4.43. The maximum absolute atomic E-state index is 13.1. The van der Waals surface area contributed by atoms with Gasteiger partial charge in [0, 0.05) is 36.8 Å². The van der Waals surface area contributed by atoms with Crippen LogP contribution >= 0.6 is 0 Å². The lowest BCUT2D eigenvalue weighted by Crippen LogP contribution is -2.25. The molecule has 31 heavy (non-hydrogen) atoms. The number of nitrogens with one attached hydrogen (secondary N) is 1. The van der Waals surface area contributed by atoms with Crippen molar-refractivity contribution < 1.29 is 13.9 Å². The van der Waals surface area contributed by atoms with Crippen LogP contribution in [0, 0.1) is 12.7 Å². The molecule has 0 saturated heterocycles. The van der Waals surface area contributed by atoms with E-state index in [1.54, 1.807) is 19.2 Å². The fourth-order valence-corrected chi connectivity index (χ4v) is 3.82. The average Bonchev–Trinajstić information content (AvgIpc) is 3.22. The highest BCUT2D eigenvalue weighted by Crippen LogP contribution is 2.35. The highest BCUT2D eigenvalue weighted by molar-refractivity contribution is 5.77. The van der Waals surface area contributed by atoms with Crippen LogP contribution in [-0.2, 0) is 11.3 Å². The van der Waals surface area contributed by atoms with E-state index in [0.29, 0.717) is 6.54 Å². The molecule has 4 aromatic rings. The molecule has 2 heterocycles. The van der Waals surface area contributed by atoms with Crippen LogP contribution in [0.25, 0.3) is 5.65 Å². The molecule has 5 nitrogen and oxygen atoms in total. The van der Waals surface area contributed by atoms with Gasteiger partial charge in [0.1, 0.15) is 17.2 Å². The average molecular weight is 417 g/mol. The minimum Gasteiger partial charge on any atom is -0.496 e. The zero-order chi connectivity index (χ0) is 21.8. The molecule has 6 heteroatoms. The van der Waals surface area contributed by atoms with Crippen molar-refractivity contribution in [2.75, 3.05) is 7.11 Å². The van der Waals surface area contributed by atoms with Crippen LogP contribution in [0.2, 0.25) is 0 Å². The summed E-state index contributed by atoms with van der Waals surface area (Å²) in [4.78, 5) is 17.5. The van der Waals surface area contributed by atoms with Crippen molar-refractivity contribution in [3.05, 3.63) is 101 Å². The number of ether oxygens (including phenoxy) is 1. The number of pyridine rings is 1. The van der Waals surface area contributed by atoms with E-state index in [4.69, 9.17) is 4.74 Å². The Bertz CT molecular complexity index is 1200. The molecule has 1 amide bonds. The molecule has 0 saturated carbocycles. The predicted molar refractivity (Wildman–Crippen MR) is 118 cm³/mol. The molecule has 0 radical (unpaired) electrons. The lowest BCUT2D eigenvalue weighted by Gasteiger charge is -2.20. The van der Waals surface area contributed by atoms with E-state index in [0.717, 1.165) is 33.8 Å². The number of hydrogen-bond acceptors (Lipinski definition) is 3. The van der Waals surface area contributed by atoms with Crippen molar-refractivity contribution in [3.8, 4) is 5.75 Å². The summed E-state index contributed by atoms with van der Waals surface area (Å²) < 4.78 is 20.7. The fourth-order valence-electron chi connectivity index (χ4n) is 3.82. The first-order valence-corrected chi connectivity index (χ1v) is 10.1. The number of benzene rings is 2. The Morgan fingerprint density at radius 3 is 2.68 bits per heavy atom. The number of amides is 1. The quantitative estimate of drug-likeness (QED) is 0.477. The summed E-state index contributed by atoms with van der Waals surface area (Å²) in [6.07, 6.45) is 4.01. The van der Waals surface area contributed by atoms with Crippen LogP contribution in [0.15, 0.2) is 73.1 Å². The van der Waals surface area contributed by atoms with Crippen molar-refractivity contribution in [1.29, 1.82) is 0 Å². The number of aromatic nitrogens is 2. The second-order valence-electron chi connectivity index (χ2n) is 7.47. The molecule has 2 aromatic carbocycles. The van der Waals surface area contributed by atoms with Gasteiger partial charge < -0.3 is 14.5 Å². The van der Waals surface area contributed by atoms with Gasteiger partial charge in [0.25, 0.3) is 0 Å². The number of methoxy groups -OCH3 is 1. The lowest BCUT2D eigenvalue weighted by atomic mass is 9.91. The molecule has 1 atom stereocenters. The summed E-state index contributed by atoms with van der Waals surface area (Å²) >= 11 is 0. The number of rotatable bonds is 7. The van der Waals surface area contributed by atoms with Gasteiger partial charge in [-0.2, -0.15) is 0 Å². The zero-order valence-corrected chi connectivity index (χ0v) is 17.5. The van der Waals surface area contributed by atoms with E-state index in [9.17, 15) is 9.18 Å². The van der Waals surface area contributed by atoms with Gasteiger partial charge in [-0.05, 0) is 42.3 Å². The molecule has 158 valence electrons. The summed E-state index contributed by atoms with van der Waals surface area (Å²) in [5.74, 6) is 0.0691. The molecule has 1 N–H and O–H groups in total. The molecule has 0 aliphatic carbocycles. The Labute approximate surface area is 180 Å². The van der Waals surface area contributed by atoms with Crippen LogP contribution in [0.5, 0.6) is 5.75 Å². The van der Waals surface area contributed by atoms with Gasteiger partial charge in [-0.1, -0.05) is 36.4 Å². The summed E-state index contributed by atoms with van der Waals surface area (Å²) in [6, 6.07) is 17.8. The first-order chi connectivity index (χ1) is 15.1. The standard InChI is InChI=1S/C25H24FN3O2/c1-17-6-5-13-29-22(16-28-25(17)29)21(20-7-3-4-8-23(20)31-2)14-24(30)27-15-18-9-11-19(26)12-10-18/h3-13,16,21H,14-15H2,1-2H3,(H,27,30). The van der Waals surface area contributed by atoms with E-state index in [2.05, 4.69) is 10.3 Å². The van der Waals surface area contributed by atoms with Gasteiger partial charge in [-0.15, -0.1) is 0 Å². The van der Waals surface area contributed by atoms with Gasteiger partial charge in [0.2, 0.25) is 5.91 Å². The Balaban J connectivity index is 1.65. The van der Waals surface area contributed by atoms with E-state index in [-0.39, 0.29) is 24.1 Å². The van der Waals surface area contributed by atoms with Crippen molar-refractivity contribution in [3.63, 3.8) is 0 Å². The molecule has 0 aliphatic heterocycles. The van der Waals surface area contributed by atoms with Crippen LogP contribution in [0.1, 0.15) is 34.7 Å². The molecule has 2 aromatic heterocycles. The van der Waals surface area contributed by atoms with E-state index < -0.39 is 0 Å².